The summed E-state index contributed by atoms with van der Waals surface area (Å²) in [5.41, 5.74) is 4.61. The summed E-state index contributed by atoms with van der Waals surface area (Å²) in [5.74, 6) is 3.22. The summed E-state index contributed by atoms with van der Waals surface area (Å²) in [6.07, 6.45) is 5.10. The second-order valence-electron chi connectivity index (χ2n) is 10.7. The van der Waals surface area contributed by atoms with Crippen LogP contribution >= 0.6 is 0 Å². The summed E-state index contributed by atoms with van der Waals surface area (Å²) >= 11 is 0. The van der Waals surface area contributed by atoms with Crippen molar-refractivity contribution in [1.82, 2.24) is 24.5 Å². The summed E-state index contributed by atoms with van der Waals surface area (Å²) in [5, 5.41) is 1.80. The summed E-state index contributed by atoms with van der Waals surface area (Å²) in [6.45, 7) is 0.0804. The Morgan fingerprint density at radius 1 is 0.560 bits per heavy atom. The molecule has 8 aromatic rings. The van der Waals surface area contributed by atoms with E-state index in [1.165, 1.54) is 0 Å². The van der Waals surface area contributed by atoms with Crippen LogP contribution in [0.1, 0.15) is 0 Å². The molecule has 1 aliphatic rings. The van der Waals surface area contributed by atoms with Gasteiger partial charge in [0, 0.05) is 35.4 Å². The van der Waals surface area contributed by atoms with Gasteiger partial charge < -0.3 is 33.5 Å². The predicted octanol–water partition coefficient (Wildman–Crippen LogP) is 8.21. The molecule has 0 N–H and O–H groups in total. The Labute approximate surface area is 314 Å². The molecule has 4 aromatic carbocycles. The van der Waals surface area contributed by atoms with Gasteiger partial charge in [-0.3, -0.25) is 0 Å². The standard InChI is InChI=1S/C39H21N5O4.2Pd/c1-3-17-40-33(11-1)25-7-5-9-27(19-25)47-29-13-15-31-32-16-14-30(48-28-10-6-8-26(20-28)34-12-2-4-18-41-34)22-36(32)44(35(31)21-29)39-42-23-37-38(43-39)46-24-45-37;;/h1-18,23H,24H2;;/q-4;2*+2. The fraction of sp³-hybridized carbons (Fsp3) is 0.0256. The number of aromatic nitrogens is 5. The van der Waals surface area contributed by atoms with Gasteiger partial charge in [0.15, 0.2) is 0 Å². The van der Waals surface area contributed by atoms with Crippen LogP contribution < -0.4 is 18.9 Å². The summed E-state index contributed by atoms with van der Waals surface area (Å²) < 4.78 is 25.5. The van der Waals surface area contributed by atoms with Gasteiger partial charge in [-0.25, -0.2) is 4.98 Å². The molecule has 50 heavy (non-hydrogen) atoms. The predicted molar refractivity (Wildman–Crippen MR) is 177 cm³/mol. The fourth-order valence-electron chi connectivity index (χ4n) is 5.55. The molecule has 5 heterocycles. The molecular weight excluding hydrogens is 815 g/mol. The van der Waals surface area contributed by atoms with E-state index in [-0.39, 0.29) is 47.6 Å². The fourth-order valence-corrected chi connectivity index (χ4v) is 5.55. The van der Waals surface area contributed by atoms with Gasteiger partial charge in [-0.1, -0.05) is 47.4 Å². The van der Waals surface area contributed by atoms with Crippen molar-refractivity contribution in [2.45, 2.75) is 0 Å². The molecule has 0 fully saturated rings. The van der Waals surface area contributed by atoms with Crippen molar-refractivity contribution in [1.29, 1.82) is 0 Å². The Hall–Kier alpha value is -5.42. The van der Waals surface area contributed by atoms with Gasteiger partial charge in [0.1, 0.15) is 0 Å². The average molecular weight is 836 g/mol. The maximum absolute atomic E-state index is 6.28. The molecule has 11 heteroatoms. The number of rotatable bonds is 7. The van der Waals surface area contributed by atoms with Gasteiger partial charge in [0.25, 0.3) is 5.88 Å². The van der Waals surface area contributed by atoms with Crippen molar-refractivity contribution in [3.8, 4) is 63.1 Å². The third-order valence-electron chi connectivity index (χ3n) is 7.71. The number of nitrogens with zero attached hydrogens (tertiary/aromatic N) is 5. The molecule has 1 aliphatic heterocycles. The van der Waals surface area contributed by atoms with E-state index in [0.717, 1.165) is 33.3 Å². The van der Waals surface area contributed by atoms with Crippen molar-refractivity contribution in [2.24, 2.45) is 0 Å². The van der Waals surface area contributed by atoms with Crippen LogP contribution in [0.4, 0.5) is 0 Å². The largest absolute Gasteiger partial charge is 2.00 e. The monoisotopic (exact) mass is 835 g/mol. The Bertz CT molecular complexity index is 2320. The number of hydrogen-bond acceptors (Lipinski definition) is 8. The maximum atomic E-state index is 6.28. The van der Waals surface area contributed by atoms with Crippen LogP contribution in [0.25, 0.3) is 50.3 Å². The Morgan fingerprint density at radius 2 is 1.12 bits per heavy atom. The second-order valence-corrected chi connectivity index (χ2v) is 10.7. The van der Waals surface area contributed by atoms with Crippen molar-refractivity contribution >= 4 is 21.8 Å². The second kappa shape index (κ2) is 14.2. The third-order valence-corrected chi connectivity index (χ3v) is 7.71. The molecule has 9 rings (SSSR count). The molecule has 0 atom stereocenters. The van der Waals surface area contributed by atoms with E-state index in [1.807, 2.05) is 102 Å². The minimum absolute atomic E-state index is 0. The van der Waals surface area contributed by atoms with E-state index >= 15 is 0 Å². The number of pyridine rings is 2. The first kappa shape index (κ1) is 33.1. The number of hydrogen-bond donors (Lipinski definition) is 0. The van der Waals surface area contributed by atoms with Crippen molar-refractivity contribution in [2.75, 3.05) is 6.79 Å². The molecule has 0 unspecified atom stereocenters. The number of benzene rings is 4. The topological polar surface area (TPSA) is 93.4 Å². The molecule has 0 aliphatic carbocycles. The Balaban J connectivity index is 0.00000196. The first-order chi connectivity index (χ1) is 23.7. The van der Waals surface area contributed by atoms with Crippen LogP contribution in [-0.4, -0.2) is 31.3 Å². The van der Waals surface area contributed by atoms with E-state index in [1.54, 1.807) is 18.6 Å². The van der Waals surface area contributed by atoms with Gasteiger partial charge in [0.05, 0.1) is 6.20 Å². The van der Waals surface area contributed by atoms with Crippen LogP contribution in [0.2, 0.25) is 0 Å². The maximum Gasteiger partial charge on any atom is 2.00 e. The molecule has 0 amide bonds. The van der Waals surface area contributed by atoms with E-state index in [4.69, 9.17) is 18.9 Å². The van der Waals surface area contributed by atoms with Crippen LogP contribution in [0, 0.1) is 24.3 Å². The SMILES string of the molecule is [Pd+2].[Pd+2].[c-]1c(Oc2[c-]c3c(cc2)c2ccc(Oc4[c-]c(-c5ccccn5)ccc4)[c-]c2n3-c2ncc3c(n2)OCO3)cccc1-c1ccccn1. The van der Waals surface area contributed by atoms with Crippen LogP contribution in [0.15, 0.2) is 116 Å². The summed E-state index contributed by atoms with van der Waals surface area (Å²) in [7, 11) is 0. The Kier molecular flexibility index (Phi) is 9.41. The molecular formula is C39H21N5O4Pd2. The quantitative estimate of drug-likeness (QED) is 0.117. The molecule has 246 valence electrons. The molecule has 0 bridgehead atoms. The molecule has 0 spiro atoms. The zero-order chi connectivity index (χ0) is 31.9. The van der Waals surface area contributed by atoms with Crippen LogP contribution in [0.5, 0.6) is 34.6 Å². The summed E-state index contributed by atoms with van der Waals surface area (Å²) in [6, 6.07) is 44.1. The van der Waals surface area contributed by atoms with Crippen LogP contribution in [0.3, 0.4) is 0 Å². The van der Waals surface area contributed by atoms with Gasteiger partial charge >= 0.3 is 40.8 Å². The van der Waals surface area contributed by atoms with E-state index in [0.29, 0.717) is 51.6 Å². The zero-order valence-electron chi connectivity index (χ0n) is 25.7. The zero-order valence-corrected chi connectivity index (χ0v) is 28.8. The molecule has 9 nitrogen and oxygen atoms in total. The van der Waals surface area contributed by atoms with E-state index < -0.39 is 0 Å². The minimum Gasteiger partial charge on any atom is -0.503 e. The molecule has 4 aromatic heterocycles. The summed E-state index contributed by atoms with van der Waals surface area (Å²) in [4.78, 5) is 18.1. The van der Waals surface area contributed by atoms with Gasteiger partial charge in [-0.05, 0) is 23.5 Å². The van der Waals surface area contributed by atoms with Gasteiger partial charge in [0.2, 0.25) is 18.5 Å². The average Bonchev–Trinajstić information content (AvgIpc) is 3.74. The van der Waals surface area contributed by atoms with Gasteiger partial charge in [-0.15, -0.1) is 71.8 Å². The number of fused-ring (bicyclic) bond motifs is 4. The molecule has 0 saturated heterocycles. The van der Waals surface area contributed by atoms with Crippen molar-refractivity contribution < 1.29 is 59.8 Å². The van der Waals surface area contributed by atoms with Gasteiger partial charge in [-0.2, -0.15) is 27.9 Å². The van der Waals surface area contributed by atoms with Crippen molar-refractivity contribution in [3.63, 3.8) is 0 Å². The first-order valence-electron chi connectivity index (χ1n) is 15.0. The van der Waals surface area contributed by atoms with E-state index in [9.17, 15) is 0 Å². The minimum atomic E-state index is 0. The third kappa shape index (κ3) is 6.36. The molecule has 0 saturated carbocycles. The number of ether oxygens (including phenoxy) is 4. The van der Waals surface area contributed by atoms with Crippen molar-refractivity contribution in [3.05, 3.63) is 140 Å². The Morgan fingerprint density at radius 3 is 1.66 bits per heavy atom. The van der Waals surface area contributed by atoms with Crippen LogP contribution in [-0.2, 0) is 40.8 Å². The first-order valence-corrected chi connectivity index (χ1v) is 15.0. The molecule has 0 radical (unpaired) electrons. The normalized spacial score (nSPS) is 11.5. The smallest absolute Gasteiger partial charge is 0.503 e. The van der Waals surface area contributed by atoms with E-state index in [2.05, 4.69) is 44.2 Å².